The number of fused-ring (bicyclic) bond motifs is 1. The number of nitrogens with zero attached hydrogens (tertiary/aromatic N) is 2. The van der Waals surface area contributed by atoms with Gasteiger partial charge in [-0.3, -0.25) is 4.79 Å². The smallest absolute Gasteiger partial charge is 0.246 e. The number of hydrogen-bond acceptors (Lipinski definition) is 4. The van der Waals surface area contributed by atoms with Crippen LogP contribution in [0.4, 0.5) is 0 Å². The average Bonchev–Trinajstić information content (AvgIpc) is 2.69. The molecule has 120 valence electrons. The van der Waals surface area contributed by atoms with Gasteiger partial charge in [0.1, 0.15) is 17.7 Å². The van der Waals surface area contributed by atoms with Crippen LogP contribution < -0.4 is 4.74 Å². The summed E-state index contributed by atoms with van der Waals surface area (Å²) >= 11 is 0. The zero-order valence-corrected chi connectivity index (χ0v) is 13.3. The van der Waals surface area contributed by atoms with Crippen molar-refractivity contribution in [3.63, 3.8) is 0 Å². The Morgan fingerprint density at radius 1 is 0.720 bits per heavy atom. The lowest BCUT2D eigenvalue weighted by Gasteiger charge is -2.10. The summed E-state index contributed by atoms with van der Waals surface area (Å²) in [6, 6.07) is 24.7. The standard InChI is InChI=1S/C21H14N2O2/c24-14-15-10-12-17(13-11-15)25-21-19-9-5-4-8-18(19)20(22-23-21)16-6-2-1-3-7-16/h1-14H. The number of rotatable bonds is 4. The van der Waals surface area contributed by atoms with Crippen molar-refractivity contribution in [1.82, 2.24) is 10.2 Å². The van der Waals surface area contributed by atoms with Gasteiger partial charge in [-0.1, -0.05) is 48.5 Å². The molecule has 0 amide bonds. The minimum atomic E-state index is 0.439. The van der Waals surface area contributed by atoms with Crippen LogP contribution in [0.15, 0.2) is 78.9 Å². The van der Waals surface area contributed by atoms with Crippen molar-refractivity contribution >= 4 is 17.1 Å². The molecule has 0 unspecified atom stereocenters. The van der Waals surface area contributed by atoms with Gasteiger partial charge in [0, 0.05) is 21.9 Å². The largest absolute Gasteiger partial charge is 0.437 e. The van der Waals surface area contributed by atoms with Gasteiger partial charge in [0.2, 0.25) is 5.88 Å². The first-order valence-electron chi connectivity index (χ1n) is 7.89. The van der Waals surface area contributed by atoms with E-state index >= 15 is 0 Å². The SMILES string of the molecule is O=Cc1ccc(Oc2nnc(-c3ccccc3)c3ccccc23)cc1. The summed E-state index contributed by atoms with van der Waals surface area (Å²) in [7, 11) is 0. The number of carbonyl (C=O) groups is 1. The molecule has 4 heteroatoms. The normalized spacial score (nSPS) is 10.6. The summed E-state index contributed by atoms with van der Waals surface area (Å²) in [5.41, 5.74) is 2.43. The summed E-state index contributed by atoms with van der Waals surface area (Å²) < 4.78 is 5.89. The fourth-order valence-electron chi connectivity index (χ4n) is 2.69. The minimum Gasteiger partial charge on any atom is -0.437 e. The predicted octanol–water partition coefficient (Wildman–Crippen LogP) is 4.90. The molecule has 3 aromatic carbocycles. The molecule has 1 heterocycles. The topological polar surface area (TPSA) is 52.1 Å². The molecule has 4 nitrogen and oxygen atoms in total. The maximum atomic E-state index is 10.8. The first-order valence-corrected chi connectivity index (χ1v) is 7.89. The Balaban J connectivity index is 1.79. The van der Waals surface area contributed by atoms with E-state index in [1.165, 1.54) is 0 Å². The minimum absolute atomic E-state index is 0.439. The highest BCUT2D eigenvalue weighted by Crippen LogP contribution is 2.32. The van der Waals surface area contributed by atoms with Gasteiger partial charge >= 0.3 is 0 Å². The lowest BCUT2D eigenvalue weighted by Crippen LogP contribution is -1.96. The third kappa shape index (κ3) is 2.97. The van der Waals surface area contributed by atoms with Crippen LogP contribution >= 0.6 is 0 Å². The van der Waals surface area contributed by atoms with Crippen molar-refractivity contribution in [3.8, 4) is 22.9 Å². The number of aldehydes is 1. The van der Waals surface area contributed by atoms with E-state index in [2.05, 4.69) is 10.2 Å². The third-order valence-corrected chi connectivity index (χ3v) is 3.93. The van der Waals surface area contributed by atoms with Crippen molar-refractivity contribution in [3.05, 3.63) is 84.4 Å². The Labute approximate surface area is 144 Å². The molecule has 0 aliphatic heterocycles. The molecule has 0 N–H and O–H groups in total. The Morgan fingerprint density at radius 3 is 2.12 bits per heavy atom. The van der Waals surface area contributed by atoms with E-state index in [-0.39, 0.29) is 0 Å². The second-order valence-corrected chi connectivity index (χ2v) is 5.55. The second-order valence-electron chi connectivity index (χ2n) is 5.55. The molecule has 4 rings (SSSR count). The Morgan fingerprint density at radius 2 is 1.40 bits per heavy atom. The fourth-order valence-corrected chi connectivity index (χ4v) is 2.69. The van der Waals surface area contributed by atoms with Crippen LogP contribution in [-0.2, 0) is 0 Å². The van der Waals surface area contributed by atoms with Crippen LogP contribution in [0.2, 0.25) is 0 Å². The molecular formula is C21H14N2O2. The van der Waals surface area contributed by atoms with Crippen molar-refractivity contribution in [2.75, 3.05) is 0 Å². The van der Waals surface area contributed by atoms with Gasteiger partial charge in [0.15, 0.2) is 0 Å². The molecule has 0 saturated heterocycles. The van der Waals surface area contributed by atoms with Crippen LogP contribution in [0.1, 0.15) is 10.4 Å². The van der Waals surface area contributed by atoms with Crippen LogP contribution in [0.25, 0.3) is 22.0 Å². The van der Waals surface area contributed by atoms with Crippen LogP contribution in [0, 0.1) is 0 Å². The van der Waals surface area contributed by atoms with Crippen LogP contribution in [0.5, 0.6) is 11.6 Å². The van der Waals surface area contributed by atoms with E-state index in [4.69, 9.17) is 4.74 Å². The predicted molar refractivity (Wildman–Crippen MR) is 96.9 cm³/mol. The van der Waals surface area contributed by atoms with Gasteiger partial charge < -0.3 is 4.74 Å². The van der Waals surface area contributed by atoms with E-state index in [0.29, 0.717) is 17.2 Å². The van der Waals surface area contributed by atoms with Crippen LogP contribution in [0.3, 0.4) is 0 Å². The molecule has 4 aromatic rings. The van der Waals surface area contributed by atoms with Gasteiger partial charge in [-0.05, 0) is 30.3 Å². The Kier molecular flexibility index (Phi) is 3.92. The van der Waals surface area contributed by atoms with Crippen molar-refractivity contribution in [1.29, 1.82) is 0 Å². The first-order chi connectivity index (χ1) is 12.3. The molecular weight excluding hydrogens is 312 g/mol. The summed E-state index contributed by atoms with van der Waals surface area (Å²) in [5, 5.41) is 10.5. The van der Waals surface area contributed by atoms with Gasteiger partial charge in [0.25, 0.3) is 0 Å². The number of hydrogen-bond donors (Lipinski definition) is 0. The number of carbonyl (C=O) groups excluding carboxylic acids is 1. The lowest BCUT2D eigenvalue weighted by atomic mass is 10.1. The van der Waals surface area contributed by atoms with Crippen LogP contribution in [-0.4, -0.2) is 16.5 Å². The molecule has 0 bridgehead atoms. The van der Waals surface area contributed by atoms with Gasteiger partial charge in [0.05, 0.1) is 0 Å². The fraction of sp³-hybridized carbons (Fsp3) is 0. The molecule has 0 aliphatic rings. The Bertz CT molecular complexity index is 1030. The van der Waals surface area contributed by atoms with Crippen molar-refractivity contribution in [2.24, 2.45) is 0 Å². The monoisotopic (exact) mass is 326 g/mol. The highest BCUT2D eigenvalue weighted by molar-refractivity contribution is 5.97. The van der Waals surface area contributed by atoms with E-state index in [1.807, 2.05) is 54.6 Å². The number of benzene rings is 3. The van der Waals surface area contributed by atoms with E-state index in [9.17, 15) is 4.79 Å². The Hall–Kier alpha value is -3.53. The molecule has 0 saturated carbocycles. The molecule has 0 atom stereocenters. The summed E-state index contributed by atoms with van der Waals surface area (Å²) in [5.74, 6) is 1.05. The molecule has 0 spiro atoms. The van der Waals surface area contributed by atoms with Gasteiger partial charge in [-0.2, -0.15) is 0 Å². The van der Waals surface area contributed by atoms with E-state index in [0.717, 1.165) is 28.3 Å². The highest BCUT2D eigenvalue weighted by atomic mass is 16.5. The molecule has 0 aliphatic carbocycles. The molecule has 25 heavy (non-hydrogen) atoms. The van der Waals surface area contributed by atoms with E-state index in [1.54, 1.807) is 24.3 Å². The van der Waals surface area contributed by atoms with E-state index < -0.39 is 0 Å². The number of ether oxygens (including phenoxy) is 1. The van der Waals surface area contributed by atoms with Crippen molar-refractivity contribution < 1.29 is 9.53 Å². The maximum Gasteiger partial charge on any atom is 0.246 e. The third-order valence-electron chi connectivity index (χ3n) is 3.93. The zero-order chi connectivity index (χ0) is 17.1. The van der Waals surface area contributed by atoms with Gasteiger partial charge in [-0.25, -0.2) is 0 Å². The van der Waals surface area contributed by atoms with Crippen molar-refractivity contribution in [2.45, 2.75) is 0 Å². The number of aromatic nitrogens is 2. The molecule has 0 fully saturated rings. The summed E-state index contributed by atoms with van der Waals surface area (Å²) in [6.45, 7) is 0. The molecule has 0 radical (unpaired) electrons. The quantitative estimate of drug-likeness (QED) is 0.500. The summed E-state index contributed by atoms with van der Waals surface area (Å²) in [6.07, 6.45) is 0.799. The first kappa shape index (κ1) is 15.0. The maximum absolute atomic E-state index is 10.8. The summed E-state index contributed by atoms with van der Waals surface area (Å²) in [4.78, 5) is 10.8. The lowest BCUT2D eigenvalue weighted by molar-refractivity contribution is 0.112. The van der Waals surface area contributed by atoms with Gasteiger partial charge in [-0.15, -0.1) is 10.2 Å². The second kappa shape index (κ2) is 6.53. The average molecular weight is 326 g/mol. The highest BCUT2D eigenvalue weighted by Gasteiger charge is 2.12. The zero-order valence-electron chi connectivity index (χ0n) is 13.3. The molecule has 1 aromatic heterocycles.